The molecule has 1 aliphatic carbocycles. The number of aliphatic hydroxyl groups is 1. The van der Waals surface area contributed by atoms with Crippen LogP contribution in [0.1, 0.15) is 32.6 Å². The molecular formula is C11H18F3NO2. The second-order valence-electron chi connectivity index (χ2n) is 4.68. The summed E-state index contributed by atoms with van der Waals surface area (Å²) in [5.41, 5.74) is 0. The zero-order chi connectivity index (χ0) is 13.1. The molecule has 100 valence electrons. The fourth-order valence-corrected chi connectivity index (χ4v) is 2.09. The lowest BCUT2D eigenvalue weighted by Gasteiger charge is -2.29. The van der Waals surface area contributed by atoms with E-state index in [4.69, 9.17) is 5.11 Å². The van der Waals surface area contributed by atoms with Gasteiger partial charge in [0.1, 0.15) is 0 Å². The van der Waals surface area contributed by atoms with Gasteiger partial charge in [0, 0.05) is 12.0 Å². The maximum Gasteiger partial charge on any atom is 0.391 e. The lowest BCUT2D eigenvalue weighted by atomic mass is 9.81. The van der Waals surface area contributed by atoms with E-state index in [-0.39, 0.29) is 50.2 Å². The lowest BCUT2D eigenvalue weighted by molar-refractivity contribution is -0.184. The monoisotopic (exact) mass is 253 g/mol. The second kappa shape index (κ2) is 5.71. The highest BCUT2D eigenvalue weighted by atomic mass is 19.4. The molecule has 0 radical (unpaired) electrons. The summed E-state index contributed by atoms with van der Waals surface area (Å²) in [5, 5.41) is 11.3. The molecule has 2 N–H and O–H groups in total. The van der Waals surface area contributed by atoms with Crippen molar-refractivity contribution in [3.8, 4) is 0 Å². The number of hydrogen-bond acceptors (Lipinski definition) is 2. The van der Waals surface area contributed by atoms with E-state index >= 15 is 0 Å². The zero-order valence-corrected chi connectivity index (χ0v) is 9.76. The summed E-state index contributed by atoms with van der Waals surface area (Å²) in [6.07, 6.45) is -3.55. The standard InChI is InChI=1S/C11H18F3NO2/c1-7(6-16)15-10(17)8-2-4-9(5-3-8)11(12,13)14/h7-9,16H,2-6H2,1H3,(H,15,17). The number of aliphatic hydroxyl groups excluding tert-OH is 1. The molecule has 17 heavy (non-hydrogen) atoms. The van der Waals surface area contributed by atoms with Gasteiger partial charge in [-0.2, -0.15) is 13.2 Å². The predicted molar refractivity (Wildman–Crippen MR) is 56.2 cm³/mol. The molecule has 0 heterocycles. The molecule has 3 nitrogen and oxygen atoms in total. The normalized spacial score (nSPS) is 27.6. The highest BCUT2D eigenvalue weighted by molar-refractivity contribution is 5.78. The van der Waals surface area contributed by atoms with Crippen molar-refractivity contribution in [1.29, 1.82) is 0 Å². The van der Waals surface area contributed by atoms with E-state index < -0.39 is 12.1 Å². The maximum absolute atomic E-state index is 12.4. The summed E-state index contributed by atoms with van der Waals surface area (Å²) in [5.74, 6) is -1.85. The average molecular weight is 253 g/mol. The molecule has 1 unspecified atom stereocenters. The minimum Gasteiger partial charge on any atom is -0.394 e. The average Bonchev–Trinajstić information content (AvgIpc) is 2.27. The summed E-state index contributed by atoms with van der Waals surface area (Å²) in [4.78, 5) is 11.6. The Morgan fingerprint density at radius 1 is 1.35 bits per heavy atom. The van der Waals surface area contributed by atoms with Gasteiger partial charge < -0.3 is 10.4 Å². The Kier molecular flexibility index (Phi) is 4.80. The van der Waals surface area contributed by atoms with Crippen LogP contribution in [-0.4, -0.2) is 29.8 Å². The van der Waals surface area contributed by atoms with E-state index in [1.54, 1.807) is 6.92 Å². The van der Waals surface area contributed by atoms with Crippen LogP contribution in [0.5, 0.6) is 0 Å². The highest BCUT2D eigenvalue weighted by Crippen LogP contribution is 2.39. The Morgan fingerprint density at radius 3 is 2.29 bits per heavy atom. The van der Waals surface area contributed by atoms with Crippen molar-refractivity contribution >= 4 is 5.91 Å². The molecule has 0 spiro atoms. The Bertz CT molecular complexity index is 260. The largest absolute Gasteiger partial charge is 0.394 e. The van der Waals surface area contributed by atoms with E-state index in [2.05, 4.69) is 5.32 Å². The third kappa shape index (κ3) is 4.18. The van der Waals surface area contributed by atoms with Gasteiger partial charge in [-0.25, -0.2) is 0 Å². The molecule has 1 saturated carbocycles. The first-order valence-corrected chi connectivity index (χ1v) is 5.82. The van der Waals surface area contributed by atoms with Gasteiger partial charge in [0.05, 0.1) is 12.5 Å². The van der Waals surface area contributed by atoms with Crippen LogP contribution in [0, 0.1) is 11.8 Å². The third-order valence-corrected chi connectivity index (χ3v) is 3.22. The SMILES string of the molecule is CC(CO)NC(=O)C1CCC(C(F)(F)F)CC1. The number of nitrogens with one attached hydrogen (secondary N) is 1. The van der Waals surface area contributed by atoms with Gasteiger partial charge in [0.15, 0.2) is 0 Å². The number of carbonyl (C=O) groups is 1. The summed E-state index contributed by atoms with van der Waals surface area (Å²) in [6.45, 7) is 1.49. The van der Waals surface area contributed by atoms with Crippen molar-refractivity contribution in [2.24, 2.45) is 11.8 Å². The molecule has 1 amide bonds. The smallest absolute Gasteiger partial charge is 0.391 e. The number of hydrogen-bond donors (Lipinski definition) is 2. The topological polar surface area (TPSA) is 49.3 Å². The molecule has 1 fully saturated rings. The highest BCUT2D eigenvalue weighted by Gasteiger charge is 2.42. The van der Waals surface area contributed by atoms with Crippen LogP contribution in [0.4, 0.5) is 13.2 Å². The Hall–Kier alpha value is -0.780. The van der Waals surface area contributed by atoms with Gasteiger partial charge in [-0.15, -0.1) is 0 Å². The van der Waals surface area contributed by atoms with Crippen LogP contribution in [-0.2, 0) is 4.79 Å². The van der Waals surface area contributed by atoms with E-state index in [0.29, 0.717) is 0 Å². The predicted octanol–water partition coefficient (Wildman–Crippen LogP) is 1.85. The molecule has 1 atom stereocenters. The van der Waals surface area contributed by atoms with Crippen LogP contribution in [0.15, 0.2) is 0 Å². The van der Waals surface area contributed by atoms with Gasteiger partial charge in [-0.3, -0.25) is 4.79 Å². The first kappa shape index (κ1) is 14.3. The summed E-state index contributed by atoms with van der Waals surface area (Å²) >= 11 is 0. The minimum atomic E-state index is -4.14. The van der Waals surface area contributed by atoms with Crippen molar-refractivity contribution in [2.75, 3.05) is 6.61 Å². The number of rotatable bonds is 3. The van der Waals surface area contributed by atoms with Gasteiger partial charge in [-0.1, -0.05) is 0 Å². The van der Waals surface area contributed by atoms with E-state index in [0.717, 1.165) is 0 Å². The van der Waals surface area contributed by atoms with Crippen LogP contribution < -0.4 is 5.32 Å². The molecule has 1 aliphatic rings. The number of alkyl halides is 3. The van der Waals surface area contributed by atoms with E-state index in [1.165, 1.54) is 0 Å². The van der Waals surface area contributed by atoms with Gasteiger partial charge in [0.25, 0.3) is 0 Å². The van der Waals surface area contributed by atoms with Crippen molar-refractivity contribution < 1.29 is 23.1 Å². The molecule has 0 aliphatic heterocycles. The third-order valence-electron chi connectivity index (χ3n) is 3.22. The zero-order valence-electron chi connectivity index (χ0n) is 9.76. The molecular weight excluding hydrogens is 235 g/mol. The summed E-state index contributed by atoms with van der Waals surface area (Å²) in [7, 11) is 0. The lowest BCUT2D eigenvalue weighted by Crippen LogP contribution is -2.41. The fourth-order valence-electron chi connectivity index (χ4n) is 2.09. The maximum atomic E-state index is 12.4. The minimum absolute atomic E-state index is 0.0229. The summed E-state index contributed by atoms with van der Waals surface area (Å²) in [6, 6.07) is -0.345. The summed E-state index contributed by atoms with van der Waals surface area (Å²) < 4.78 is 37.2. The molecule has 0 saturated heterocycles. The Labute approximate surface area is 98.4 Å². The first-order valence-electron chi connectivity index (χ1n) is 5.82. The number of halogens is 3. The van der Waals surface area contributed by atoms with Gasteiger partial charge in [0.2, 0.25) is 5.91 Å². The Morgan fingerprint density at radius 2 is 1.88 bits per heavy atom. The fraction of sp³-hybridized carbons (Fsp3) is 0.909. The van der Waals surface area contributed by atoms with Crippen molar-refractivity contribution in [1.82, 2.24) is 5.32 Å². The van der Waals surface area contributed by atoms with E-state index in [9.17, 15) is 18.0 Å². The molecule has 0 bridgehead atoms. The van der Waals surface area contributed by atoms with Crippen LogP contribution in [0.3, 0.4) is 0 Å². The van der Waals surface area contributed by atoms with Gasteiger partial charge in [-0.05, 0) is 32.6 Å². The molecule has 6 heteroatoms. The second-order valence-corrected chi connectivity index (χ2v) is 4.68. The van der Waals surface area contributed by atoms with Crippen LogP contribution in [0.2, 0.25) is 0 Å². The molecule has 0 aromatic carbocycles. The first-order chi connectivity index (χ1) is 7.84. The van der Waals surface area contributed by atoms with Crippen molar-refractivity contribution in [2.45, 2.75) is 44.8 Å². The van der Waals surface area contributed by atoms with Crippen LogP contribution >= 0.6 is 0 Å². The molecule has 1 rings (SSSR count). The number of amides is 1. The van der Waals surface area contributed by atoms with Crippen molar-refractivity contribution in [3.05, 3.63) is 0 Å². The molecule has 0 aromatic heterocycles. The quantitative estimate of drug-likeness (QED) is 0.806. The Balaban J connectivity index is 2.39. The van der Waals surface area contributed by atoms with Crippen molar-refractivity contribution in [3.63, 3.8) is 0 Å². The number of carbonyl (C=O) groups excluding carboxylic acids is 1. The van der Waals surface area contributed by atoms with Gasteiger partial charge >= 0.3 is 6.18 Å². The molecule has 0 aromatic rings. The van der Waals surface area contributed by atoms with Crippen LogP contribution in [0.25, 0.3) is 0 Å². The van der Waals surface area contributed by atoms with E-state index in [1.807, 2.05) is 0 Å².